The highest BCUT2D eigenvalue weighted by molar-refractivity contribution is 5.97. The largest absolute Gasteiger partial charge is 0.369 e. The van der Waals surface area contributed by atoms with Gasteiger partial charge in [0.05, 0.1) is 0 Å². The number of hydrogen-bond donors (Lipinski definition) is 1. The first kappa shape index (κ1) is 19.7. The fraction of sp³-hybridized carbons (Fsp3) is 0.476. The Hall–Kier alpha value is -2.58. The van der Waals surface area contributed by atoms with Gasteiger partial charge >= 0.3 is 0 Å². The molecule has 0 atom stereocenters. The van der Waals surface area contributed by atoms with E-state index < -0.39 is 0 Å². The van der Waals surface area contributed by atoms with Gasteiger partial charge < -0.3 is 19.6 Å². The van der Waals surface area contributed by atoms with Crippen molar-refractivity contribution in [3.05, 3.63) is 36.4 Å². The fourth-order valence-electron chi connectivity index (χ4n) is 3.79. The van der Waals surface area contributed by atoms with E-state index in [1.165, 1.54) is 31.4 Å². The SMILES string of the molecule is CCCN1CCN(CCCNc2ncnc3onc(-c4ccc(F)cc4)c23)CC1. The van der Waals surface area contributed by atoms with Crippen molar-refractivity contribution in [2.45, 2.75) is 19.8 Å². The van der Waals surface area contributed by atoms with Crippen molar-refractivity contribution >= 4 is 16.9 Å². The number of aromatic nitrogens is 3. The van der Waals surface area contributed by atoms with Crippen LogP contribution in [0.4, 0.5) is 10.2 Å². The highest BCUT2D eigenvalue weighted by atomic mass is 19.1. The predicted octanol–water partition coefficient (Wildman–Crippen LogP) is 3.25. The molecule has 1 N–H and O–H groups in total. The van der Waals surface area contributed by atoms with Gasteiger partial charge in [-0.15, -0.1) is 0 Å². The molecular weight excluding hydrogens is 371 g/mol. The summed E-state index contributed by atoms with van der Waals surface area (Å²) in [6, 6.07) is 6.18. The number of rotatable bonds is 8. The minimum absolute atomic E-state index is 0.285. The zero-order valence-corrected chi connectivity index (χ0v) is 16.8. The Balaban J connectivity index is 1.36. The third kappa shape index (κ3) is 4.71. The number of fused-ring (bicyclic) bond motifs is 1. The molecule has 3 heterocycles. The Bertz CT molecular complexity index is 921. The van der Waals surface area contributed by atoms with Gasteiger partial charge in [0.1, 0.15) is 29.0 Å². The van der Waals surface area contributed by atoms with E-state index in [1.54, 1.807) is 12.1 Å². The van der Waals surface area contributed by atoms with E-state index in [0.29, 0.717) is 17.2 Å². The highest BCUT2D eigenvalue weighted by Gasteiger charge is 2.18. The Kier molecular flexibility index (Phi) is 6.31. The molecule has 0 radical (unpaired) electrons. The molecule has 1 fully saturated rings. The zero-order valence-electron chi connectivity index (χ0n) is 16.8. The molecule has 4 rings (SSSR count). The van der Waals surface area contributed by atoms with Crippen LogP contribution in [0.3, 0.4) is 0 Å². The summed E-state index contributed by atoms with van der Waals surface area (Å²) in [4.78, 5) is 13.6. The molecule has 29 heavy (non-hydrogen) atoms. The molecule has 0 spiro atoms. The van der Waals surface area contributed by atoms with Crippen LogP contribution < -0.4 is 5.32 Å². The molecule has 8 heteroatoms. The maximum Gasteiger partial charge on any atom is 0.263 e. The second kappa shape index (κ2) is 9.28. The summed E-state index contributed by atoms with van der Waals surface area (Å²) < 4.78 is 18.6. The van der Waals surface area contributed by atoms with Crippen molar-refractivity contribution in [1.82, 2.24) is 24.9 Å². The Morgan fingerprint density at radius 1 is 1.03 bits per heavy atom. The van der Waals surface area contributed by atoms with E-state index in [0.717, 1.165) is 56.6 Å². The average molecular weight is 398 g/mol. The molecule has 154 valence electrons. The Morgan fingerprint density at radius 2 is 1.76 bits per heavy atom. The van der Waals surface area contributed by atoms with Crippen molar-refractivity contribution in [2.75, 3.05) is 51.1 Å². The minimum atomic E-state index is -0.285. The molecule has 1 saturated heterocycles. The first-order chi connectivity index (χ1) is 14.2. The lowest BCUT2D eigenvalue weighted by Gasteiger charge is -2.34. The van der Waals surface area contributed by atoms with E-state index in [1.807, 2.05) is 0 Å². The maximum absolute atomic E-state index is 13.3. The van der Waals surface area contributed by atoms with Crippen LogP contribution in [-0.4, -0.2) is 70.7 Å². The van der Waals surface area contributed by atoms with Gasteiger partial charge in [0, 0.05) is 38.3 Å². The molecule has 7 nitrogen and oxygen atoms in total. The van der Waals surface area contributed by atoms with Gasteiger partial charge in [-0.3, -0.25) is 0 Å². The van der Waals surface area contributed by atoms with Gasteiger partial charge in [-0.2, -0.15) is 4.98 Å². The van der Waals surface area contributed by atoms with Gasteiger partial charge in [-0.1, -0.05) is 12.1 Å². The van der Waals surface area contributed by atoms with Gasteiger partial charge in [0.2, 0.25) is 0 Å². The number of benzene rings is 1. The molecule has 0 saturated carbocycles. The summed E-state index contributed by atoms with van der Waals surface area (Å²) in [6.45, 7) is 9.90. The van der Waals surface area contributed by atoms with Crippen LogP contribution in [0, 0.1) is 5.82 Å². The third-order valence-electron chi connectivity index (χ3n) is 5.34. The topological polar surface area (TPSA) is 70.3 Å². The standard InChI is InChI=1S/C21H27FN6O/c1-2-9-27-11-13-28(14-12-27)10-3-8-23-20-18-19(16-4-6-17(22)7-5-16)26-29-21(18)25-15-24-20/h4-7,15H,2-3,8-14H2,1H3,(H,23,24,25). The number of nitrogens with one attached hydrogen (secondary N) is 1. The first-order valence-corrected chi connectivity index (χ1v) is 10.3. The first-order valence-electron chi connectivity index (χ1n) is 10.3. The van der Waals surface area contributed by atoms with Crippen molar-refractivity contribution < 1.29 is 8.91 Å². The number of piperazine rings is 1. The van der Waals surface area contributed by atoms with E-state index in [9.17, 15) is 4.39 Å². The lowest BCUT2D eigenvalue weighted by molar-refractivity contribution is 0.132. The summed E-state index contributed by atoms with van der Waals surface area (Å²) >= 11 is 0. The Morgan fingerprint density at radius 3 is 2.48 bits per heavy atom. The van der Waals surface area contributed by atoms with Crippen LogP contribution in [0.5, 0.6) is 0 Å². The van der Waals surface area contributed by atoms with Crippen molar-refractivity contribution in [2.24, 2.45) is 0 Å². The second-order valence-corrected chi connectivity index (χ2v) is 7.40. The van der Waals surface area contributed by atoms with Gasteiger partial charge in [0.15, 0.2) is 0 Å². The van der Waals surface area contributed by atoms with E-state index in [-0.39, 0.29) is 5.82 Å². The third-order valence-corrected chi connectivity index (χ3v) is 5.34. The number of anilines is 1. The molecule has 0 amide bonds. The smallest absolute Gasteiger partial charge is 0.263 e. The summed E-state index contributed by atoms with van der Waals surface area (Å²) in [5, 5.41) is 8.26. The molecule has 1 aliphatic rings. The molecule has 0 aliphatic carbocycles. The quantitative estimate of drug-likeness (QED) is 0.584. The number of halogens is 1. The number of hydrogen-bond acceptors (Lipinski definition) is 7. The minimum Gasteiger partial charge on any atom is -0.369 e. The highest BCUT2D eigenvalue weighted by Crippen LogP contribution is 2.31. The van der Waals surface area contributed by atoms with Crippen LogP contribution in [0.2, 0.25) is 0 Å². The molecule has 1 aromatic carbocycles. The van der Waals surface area contributed by atoms with Crippen LogP contribution >= 0.6 is 0 Å². The second-order valence-electron chi connectivity index (χ2n) is 7.40. The summed E-state index contributed by atoms with van der Waals surface area (Å²) in [6.07, 6.45) is 3.72. The Labute approximate surface area is 169 Å². The van der Waals surface area contributed by atoms with Crippen LogP contribution in [0.25, 0.3) is 22.4 Å². The molecule has 2 aromatic heterocycles. The lowest BCUT2D eigenvalue weighted by Crippen LogP contribution is -2.46. The van der Waals surface area contributed by atoms with E-state index in [2.05, 4.69) is 37.2 Å². The predicted molar refractivity (Wildman–Crippen MR) is 111 cm³/mol. The average Bonchev–Trinajstić information content (AvgIpc) is 3.18. The van der Waals surface area contributed by atoms with Crippen molar-refractivity contribution in [3.63, 3.8) is 0 Å². The fourth-order valence-corrected chi connectivity index (χ4v) is 3.79. The summed E-state index contributed by atoms with van der Waals surface area (Å²) in [7, 11) is 0. The van der Waals surface area contributed by atoms with Crippen LogP contribution in [0.15, 0.2) is 35.1 Å². The van der Waals surface area contributed by atoms with Crippen molar-refractivity contribution in [1.29, 1.82) is 0 Å². The van der Waals surface area contributed by atoms with E-state index >= 15 is 0 Å². The lowest BCUT2D eigenvalue weighted by atomic mass is 10.1. The normalized spacial score (nSPS) is 15.8. The monoisotopic (exact) mass is 398 g/mol. The van der Waals surface area contributed by atoms with Crippen LogP contribution in [-0.2, 0) is 0 Å². The van der Waals surface area contributed by atoms with Crippen LogP contribution in [0.1, 0.15) is 19.8 Å². The summed E-state index contributed by atoms with van der Waals surface area (Å²) in [5.41, 5.74) is 1.82. The van der Waals surface area contributed by atoms with E-state index in [4.69, 9.17) is 4.52 Å². The molecular formula is C21H27FN6O. The molecule has 0 unspecified atom stereocenters. The van der Waals surface area contributed by atoms with Crippen molar-refractivity contribution in [3.8, 4) is 11.3 Å². The molecule has 0 bridgehead atoms. The van der Waals surface area contributed by atoms with Gasteiger partial charge in [-0.25, -0.2) is 9.37 Å². The summed E-state index contributed by atoms with van der Waals surface area (Å²) in [5.74, 6) is 0.412. The maximum atomic E-state index is 13.3. The number of nitrogens with zero attached hydrogens (tertiary/aromatic N) is 5. The van der Waals surface area contributed by atoms with Gasteiger partial charge in [-0.05, 0) is 50.2 Å². The molecule has 1 aliphatic heterocycles. The molecule has 3 aromatic rings. The van der Waals surface area contributed by atoms with Gasteiger partial charge in [0.25, 0.3) is 5.71 Å². The zero-order chi connectivity index (χ0) is 20.1.